The van der Waals surface area contributed by atoms with Crippen molar-refractivity contribution in [1.82, 2.24) is 10.3 Å². The molecule has 0 saturated heterocycles. The second-order valence-electron chi connectivity index (χ2n) is 5.29. The van der Waals surface area contributed by atoms with E-state index < -0.39 is 0 Å². The molecule has 0 radical (unpaired) electrons. The van der Waals surface area contributed by atoms with E-state index in [9.17, 15) is 4.79 Å². The number of hydrogen-bond donors (Lipinski definition) is 1. The maximum absolute atomic E-state index is 12.3. The number of carbonyl (C=O) groups is 1. The summed E-state index contributed by atoms with van der Waals surface area (Å²) in [6.45, 7) is 2.59. The first kappa shape index (κ1) is 13.3. The Balaban J connectivity index is 1.60. The Bertz CT molecular complexity index is 620. The zero-order chi connectivity index (χ0) is 13.9. The molecule has 0 spiro atoms. The number of hydrogen-bond acceptors (Lipinski definition) is 3. The molecule has 4 heteroatoms. The molecule has 1 aromatic heterocycles. The van der Waals surface area contributed by atoms with E-state index in [1.165, 1.54) is 11.1 Å². The van der Waals surface area contributed by atoms with Crippen LogP contribution in [0.25, 0.3) is 0 Å². The van der Waals surface area contributed by atoms with Gasteiger partial charge in [0.05, 0.1) is 17.7 Å². The number of fused-ring (bicyclic) bond motifs is 1. The molecule has 1 N–H and O–H groups in total. The molecular formula is C16H18N2OS. The Labute approximate surface area is 123 Å². The molecule has 1 amide bonds. The van der Waals surface area contributed by atoms with Gasteiger partial charge >= 0.3 is 0 Å². The lowest BCUT2D eigenvalue weighted by atomic mass is 9.83. The van der Waals surface area contributed by atoms with Crippen LogP contribution in [-0.2, 0) is 24.2 Å². The summed E-state index contributed by atoms with van der Waals surface area (Å²) in [5.41, 5.74) is 5.57. The molecule has 20 heavy (non-hydrogen) atoms. The Morgan fingerprint density at radius 2 is 2.20 bits per heavy atom. The molecular weight excluding hydrogens is 268 g/mol. The molecule has 0 saturated carbocycles. The molecule has 1 aromatic carbocycles. The van der Waals surface area contributed by atoms with Crippen LogP contribution in [0.1, 0.15) is 28.1 Å². The predicted octanol–water partition coefficient (Wildman–Crippen LogP) is 2.87. The van der Waals surface area contributed by atoms with E-state index in [2.05, 4.69) is 34.6 Å². The fourth-order valence-electron chi connectivity index (χ4n) is 2.73. The number of rotatable bonds is 3. The first-order valence-electron chi connectivity index (χ1n) is 6.97. The average molecular weight is 286 g/mol. The van der Waals surface area contributed by atoms with Gasteiger partial charge in [0.25, 0.3) is 0 Å². The predicted molar refractivity (Wildman–Crippen MR) is 80.7 cm³/mol. The fraction of sp³-hybridized carbons (Fsp3) is 0.375. The fourth-order valence-corrected chi connectivity index (χ4v) is 3.45. The quantitative estimate of drug-likeness (QED) is 0.942. The van der Waals surface area contributed by atoms with Crippen molar-refractivity contribution in [3.63, 3.8) is 0 Å². The highest BCUT2D eigenvalue weighted by Gasteiger charge is 2.24. The summed E-state index contributed by atoms with van der Waals surface area (Å²) >= 11 is 1.60. The number of carbonyl (C=O) groups excluding carboxylic acids is 1. The minimum atomic E-state index is 0.109. The molecule has 0 aliphatic heterocycles. The van der Waals surface area contributed by atoms with Crippen LogP contribution >= 0.6 is 11.3 Å². The number of aromatic nitrogens is 1. The van der Waals surface area contributed by atoms with Crippen molar-refractivity contribution < 1.29 is 4.79 Å². The number of amides is 1. The van der Waals surface area contributed by atoms with Crippen LogP contribution in [-0.4, -0.2) is 10.9 Å². The molecule has 1 aliphatic rings. The standard InChI is InChI=1S/C16H18N2OS/c1-11-15(20-10-18-11)9-17-16(19)14-7-6-12-4-2-3-5-13(12)8-14/h2-5,10,14H,6-9H2,1H3,(H,17,19)/t14-/m0/s1. The van der Waals surface area contributed by atoms with Crippen LogP contribution < -0.4 is 5.32 Å². The largest absolute Gasteiger partial charge is 0.351 e. The summed E-state index contributed by atoms with van der Waals surface area (Å²) < 4.78 is 0. The van der Waals surface area contributed by atoms with Crippen LogP contribution in [0, 0.1) is 12.8 Å². The van der Waals surface area contributed by atoms with Gasteiger partial charge in [-0.2, -0.15) is 0 Å². The lowest BCUT2D eigenvalue weighted by molar-refractivity contribution is -0.125. The monoisotopic (exact) mass is 286 g/mol. The SMILES string of the molecule is Cc1ncsc1CNC(=O)[C@H]1CCc2ccccc2C1. The number of nitrogens with one attached hydrogen (secondary N) is 1. The van der Waals surface area contributed by atoms with Crippen LogP contribution in [0.5, 0.6) is 0 Å². The third-order valence-corrected chi connectivity index (χ3v) is 4.92. The normalized spacial score (nSPS) is 17.6. The van der Waals surface area contributed by atoms with Crippen LogP contribution in [0.15, 0.2) is 29.8 Å². The van der Waals surface area contributed by atoms with Gasteiger partial charge in [-0.25, -0.2) is 4.98 Å². The van der Waals surface area contributed by atoms with Gasteiger partial charge in [0.2, 0.25) is 5.91 Å². The molecule has 0 bridgehead atoms. The Kier molecular flexibility index (Phi) is 3.83. The molecule has 1 aliphatic carbocycles. The van der Waals surface area contributed by atoms with Crippen molar-refractivity contribution in [2.45, 2.75) is 32.7 Å². The maximum Gasteiger partial charge on any atom is 0.223 e. The molecule has 2 aromatic rings. The summed E-state index contributed by atoms with van der Waals surface area (Å²) in [5, 5.41) is 3.06. The third-order valence-electron chi connectivity index (χ3n) is 3.99. The van der Waals surface area contributed by atoms with E-state index in [1.807, 2.05) is 12.4 Å². The van der Waals surface area contributed by atoms with Crippen LogP contribution in [0.2, 0.25) is 0 Å². The first-order chi connectivity index (χ1) is 9.74. The number of aryl methyl sites for hydroxylation is 2. The van der Waals surface area contributed by atoms with E-state index in [-0.39, 0.29) is 11.8 Å². The zero-order valence-electron chi connectivity index (χ0n) is 11.6. The molecule has 1 atom stereocenters. The van der Waals surface area contributed by atoms with Crippen molar-refractivity contribution in [1.29, 1.82) is 0 Å². The van der Waals surface area contributed by atoms with Gasteiger partial charge in [-0.3, -0.25) is 4.79 Å². The zero-order valence-corrected chi connectivity index (χ0v) is 12.4. The van der Waals surface area contributed by atoms with Gasteiger partial charge in [-0.15, -0.1) is 11.3 Å². The number of benzene rings is 1. The lowest BCUT2D eigenvalue weighted by Crippen LogP contribution is -2.33. The van der Waals surface area contributed by atoms with E-state index in [0.717, 1.165) is 29.8 Å². The van der Waals surface area contributed by atoms with Gasteiger partial charge in [0.1, 0.15) is 0 Å². The van der Waals surface area contributed by atoms with Crippen molar-refractivity contribution in [2.75, 3.05) is 0 Å². The van der Waals surface area contributed by atoms with Crippen LogP contribution in [0.3, 0.4) is 0 Å². The Hall–Kier alpha value is -1.68. The highest BCUT2D eigenvalue weighted by molar-refractivity contribution is 7.09. The Morgan fingerprint density at radius 3 is 2.95 bits per heavy atom. The first-order valence-corrected chi connectivity index (χ1v) is 7.85. The minimum absolute atomic E-state index is 0.109. The van der Waals surface area contributed by atoms with Crippen LogP contribution in [0.4, 0.5) is 0 Å². The molecule has 1 heterocycles. The average Bonchev–Trinajstić information content (AvgIpc) is 2.89. The van der Waals surface area contributed by atoms with Crippen molar-refractivity contribution in [2.24, 2.45) is 5.92 Å². The van der Waals surface area contributed by atoms with E-state index in [4.69, 9.17) is 0 Å². The summed E-state index contributed by atoms with van der Waals surface area (Å²) in [5.74, 6) is 0.283. The lowest BCUT2D eigenvalue weighted by Gasteiger charge is -2.23. The van der Waals surface area contributed by atoms with Gasteiger partial charge < -0.3 is 5.32 Å². The summed E-state index contributed by atoms with van der Waals surface area (Å²) in [6.07, 6.45) is 2.82. The van der Waals surface area contributed by atoms with Crippen molar-refractivity contribution >= 4 is 17.2 Å². The van der Waals surface area contributed by atoms with Gasteiger partial charge in [-0.05, 0) is 37.3 Å². The Morgan fingerprint density at radius 1 is 1.40 bits per heavy atom. The molecule has 3 rings (SSSR count). The highest BCUT2D eigenvalue weighted by atomic mass is 32.1. The van der Waals surface area contributed by atoms with E-state index in [0.29, 0.717) is 6.54 Å². The summed E-state index contributed by atoms with van der Waals surface area (Å²) in [6, 6.07) is 8.44. The molecule has 0 fully saturated rings. The second-order valence-corrected chi connectivity index (χ2v) is 6.23. The molecule has 0 unspecified atom stereocenters. The summed E-state index contributed by atoms with van der Waals surface area (Å²) in [7, 11) is 0. The van der Waals surface area contributed by atoms with E-state index >= 15 is 0 Å². The maximum atomic E-state index is 12.3. The minimum Gasteiger partial charge on any atom is -0.351 e. The third kappa shape index (κ3) is 2.75. The number of thiazole rings is 1. The highest BCUT2D eigenvalue weighted by Crippen LogP contribution is 2.25. The smallest absolute Gasteiger partial charge is 0.223 e. The van der Waals surface area contributed by atoms with E-state index in [1.54, 1.807) is 11.3 Å². The molecule has 3 nitrogen and oxygen atoms in total. The van der Waals surface area contributed by atoms with Crippen molar-refractivity contribution in [3.8, 4) is 0 Å². The molecule has 104 valence electrons. The number of nitrogens with zero attached hydrogens (tertiary/aromatic N) is 1. The second kappa shape index (κ2) is 5.75. The summed E-state index contributed by atoms with van der Waals surface area (Å²) in [4.78, 5) is 17.6. The van der Waals surface area contributed by atoms with Gasteiger partial charge in [0, 0.05) is 10.8 Å². The van der Waals surface area contributed by atoms with Gasteiger partial charge in [0.15, 0.2) is 0 Å². The topological polar surface area (TPSA) is 42.0 Å². The van der Waals surface area contributed by atoms with Gasteiger partial charge in [-0.1, -0.05) is 24.3 Å². The van der Waals surface area contributed by atoms with Crippen molar-refractivity contribution in [3.05, 3.63) is 51.5 Å².